The number of hydrogen-bond donors (Lipinski definition) is 0. The molecule has 0 aliphatic heterocycles. The maximum absolute atomic E-state index is 11.9. The van der Waals surface area contributed by atoms with Crippen molar-refractivity contribution in [3.63, 3.8) is 0 Å². The summed E-state index contributed by atoms with van der Waals surface area (Å²) >= 11 is 0. The van der Waals surface area contributed by atoms with Crippen LogP contribution in [0.15, 0.2) is 60.3 Å². The average molecular weight is 403 g/mol. The van der Waals surface area contributed by atoms with Crippen molar-refractivity contribution in [2.45, 2.75) is 52.8 Å². The number of rotatable bonds is 6. The van der Waals surface area contributed by atoms with Crippen molar-refractivity contribution >= 4 is 25.0 Å². The summed E-state index contributed by atoms with van der Waals surface area (Å²) < 4.78 is 5.65. The Kier molecular flexibility index (Phi) is 8.28. The highest BCUT2D eigenvalue weighted by Crippen LogP contribution is 2.28. The minimum Gasteiger partial charge on any atom is -0.417 e. The van der Waals surface area contributed by atoms with Gasteiger partial charge in [-0.3, -0.25) is 4.79 Å². The van der Waals surface area contributed by atoms with E-state index in [0.29, 0.717) is 5.76 Å². The van der Waals surface area contributed by atoms with Crippen LogP contribution in [0.2, 0.25) is 19.6 Å². The second kappa shape index (κ2) is 10.7. The van der Waals surface area contributed by atoms with Crippen LogP contribution >= 0.6 is 0 Å². The summed E-state index contributed by atoms with van der Waals surface area (Å²) in [6.45, 7) is 10.4. The monoisotopic (exact) mass is 402 g/mol. The van der Waals surface area contributed by atoms with Gasteiger partial charge in [-0.05, 0) is 29.3 Å². The zero-order valence-corrected chi connectivity index (χ0v) is 19.1. The van der Waals surface area contributed by atoms with Crippen molar-refractivity contribution < 1.29 is 9.53 Å². The molecule has 2 aromatic rings. The van der Waals surface area contributed by atoms with Crippen LogP contribution in [0, 0.1) is 11.8 Å². The summed E-state index contributed by atoms with van der Waals surface area (Å²) in [5.41, 5.74) is 6.26. The minimum atomic E-state index is -1.77. The fourth-order valence-corrected chi connectivity index (χ4v) is 4.44. The summed E-state index contributed by atoms with van der Waals surface area (Å²) in [6, 6.07) is 18.0. The van der Waals surface area contributed by atoms with Crippen molar-refractivity contribution in [2.24, 2.45) is 0 Å². The highest BCUT2D eigenvalue weighted by molar-refractivity contribution is 6.93. The molecule has 0 aromatic heterocycles. The minimum absolute atomic E-state index is 0.357. The predicted octanol–water partition coefficient (Wildman–Crippen LogP) is 6.69. The smallest absolute Gasteiger partial charge is 0.308 e. The first-order valence-electron chi connectivity index (χ1n) is 10.2. The molecule has 0 fully saturated rings. The molecule has 0 unspecified atom stereocenters. The predicted molar refractivity (Wildman–Crippen MR) is 125 cm³/mol. The SMILES string of the molecule is CCCCC#Cc1ccccc1C(=C=C(c1ccccc1)[Si](C)(C)C)OC(C)=O. The van der Waals surface area contributed by atoms with Gasteiger partial charge in [0.05, 0.1) is 8.07 Å². The molecule has 3 heteroatoms. The van der Waals surface area contributed by atoms with E-state index in [1.165, 1.54) is 6.92 Å². The lowest BCUT2D eigenvalue weighted by atomic mass is 10.1. The molecule has 0 aliphatic rings. The Morgan fingerprint density at radius 1 is 1.00 bits per heavy atom. The molecule has 29 heavy (non-hydrogen) atoms. The van der Waals surface area contributed by atoms with Crippen molar-refractivity contribution in [1.29, 1.82) is 0 Å². The van der Waals surface area contributed by atoms with E-state index in [1.807, 2.05) is 42.5 Å². The maximum Gasteiger partial charge on any atom is 0.308 e. The largest absolute Gasteiger partial charge is 0.417 e. The summed E-state index contributed by atoms with van der Waals surface area (Å²) in [5.74, 6) is 6.58. The van der Waals surface area contributed by atoms with E-state index in [-0.39, 0.29) is 5.97 Å². The van der Waals surface area contributed by atoms with E-state index >= 15 is 0 Å². The number of benzene rings is 2. The van der Waals surface area contributed by atoms with Crippen molar-refractivity contribution in [3.8, 4) is 11.8 Å². The van der Waals surface area contributed by atoms with Crippen LogP contribution in [0.4, 0.5) is 0 Å². The summed E-state index contributed by atoms with van der Waals surface area (Å²) in [4.78, 5) is 11.9. The number of carbonyl (C=O) groups excluding carboxylic acids is 1. The normalized spacial score (nSPS) is 10.4. The van der Waals surface area contributed by atoms with Crippen LogP contribution in [0.1, 0.15) is 49.8 Å². The van der Waals surface area contributed by atoms with Gasteiger partial charge in [-0.1, -0.05) is 93.0 Å². The lowest BCUT2D eigenvalue weighted by Crippen LogP contribution is -2.22. The zero-order chi connectivity index (χ0) is 21.3. The standard InChI is InChI=1S/C26H30O2Si/c1-6-7-8-10-15-22-16-13-14-19-24(22)25(28-21(2)27)20-26(29(3,4)5)23-17-11-9-12-18-23/h9,11-14,16-19H,6-8H2,1-5H3. The molecule has 0 bridgehead atoms. The molecule has 2 aromatic carbocycles. The van der Waals surface area contributed by atoms with E-state index in [2.05, 4.69) is 56.3 Å². The molecule has 0 saturated carbocycles. The Morgan fingerprint density at radius 3 is 2.28 bits per heavy atom. The Bertz CT molecular complexity index is 963. The van der Waals surface area contributed by atoms with Crippen molar-refractivity contribution in [1.82, 2.24) is 0 Å². The highest BCUT2D eigenvalue weighted by atomic mass is 28.3. The average Bonchev–Trinajstić information content (AvgIpc) is 2.68. The fraction of sp³-hybridized carbons (Fsp3) is 0.308. The third kappa shape index (κ3) is 6.95. The highest BCUT2D eigenvalue weighted by Gasteiger charge is 2.22. The quantitative estimate of drug-likeness (QED) is 0.134. The lowest BCUT2D eigenvalue weighted by molar-refractivity contribution is -0.134. The van der Waals surface area contributed by atoms with Gasteiger partial charge in [-0.25, -0.2) is 0 Å². The first-order chi connectivity index (χ1) is 13.8. The molecule has 2 rings (SSSR count). The van der Waals surface area contributed by atoms with E-state index < -0.39 is 8.07 Å². The first kappa shape index (κ1) is 22.5. The molecule has 2 nitrogen and oxygen atoms in total. The fourth-order valence-electron chi connectivity index (χ4n) is 2.92. The van der Waals surface area contributed by atoms with E-state index in [9.17, 15) is 4.79 Å². The third-order valence-corrected chi connectivity index (χ3v) is 6.26. The van der Waals surface area contributed by atoms with Gasteiger partial charge in [0.1, 0.15) is 0 Å². The number of carbonyl (C=O) groups is 1. The summed E-state index contributed by atoms with van der Waals surface area (Å²) in [6.07, 6.45) is 3.06. The number of hydrogen-bond acceptors (Lipinski definition) is 2. The van der Waals surface area contributed by atoms with Gasteiger partial charge in [0.15, 0.2) is 5.76 Å². The summed E-state index contributed by atoms with van der Waals surface area (Å²) in [7, 11) is -1.77. The molecular formula is C26H30O2Si. The Labute approximate surface area is 176 Å². The van der Waals surface area contributed by atoms with Crippen molar-refractivity contribution in [3.05, 3.63) is 77.0 Å². The maximum atomic E-state index is 11.9. The van der Waals surface area contributed by atoms with Crippen LogP contribution in [0.5, 0.6) is 0 Å². The Balaban J connectivity index is 2.72. The topological polar surface area (TPSA) is 26.3 Å². The van der Waals surface area contributed by atoms with Crippen LogP contribution in [0.25, 0.3) is 11.0 Å². The second-order valence-corrected chi connectivity index (χ2v) is 13.0. The molecule has 0 N–H and O–H groups in total. The van der Waals surface area contributed by atoms with Gasteiger partial charge in [-0.15, -0.1) is 0 Å². The number of esters is 1. The molecule has 0 amide bonds. The van der Waals surface area contributed by atoms with Gasteiger partial charge < -0.3 is 4.74 Å². The molecule has 0 heterocycles. The van der Waals surface area contributed by atoms with Gasteiger partial charge in [0.2, 0.25) is 0 Å². The molecule has 0 saturated heterocycles. The van der Waals surface area contributed by atoms with Crippen LogP contribution in [0.3, 0.4) is 0 Å². The zero-order valence-electron chi connectivity index (χ0n) is 18.1. The molecule has 150 valence electrons. The Hall–Kier alpha value is -2.79. The number of ether oxygens (including phenoxy) is 1. The lowest BCUT2D eigenvalue weighted by Gasteiger charge is -2.20. The third-order valence-electron chi connectivity index (χ3n) is 4.35. The summed E-state index contributed by atoms with van der Waals surface area (Å²) in [5, 5.41) is 1.11. The second-order valence-electron chi connectivity index (χ2n) is 7.99. The van der Waals surface area contributed by atoms with Gasteiger partial charge in [-0.2, -0.15) is 0 Å². The molecule has 0 atom stereocenters. The van der Waals surface area contributed by atoms with E-state index in [4.69, 9.17) is 4.74 Å². The van der Waals surface area contributed by atoms with Crippen LogP contribution in [-0.4, -0.2) is 14.0 Å². The van der Waals surface area contributed by atoms with Gasteiger partial charge in [0.25, 0.3) is 0 Å². The van der Waals surface area contributed by atoms with Gasteiger partial charge in [0, 0.05) is 24.5 Å². The van der Waals surface area contributed by atoms with Crippen LogP contribution in [-0.2, 0) is 9.53 Å². The first-order valence-corrected chi connectivity index (χ1v) is 13.7. The molecular weight excluding hydrogens is 372 g/mol. The van der Waals surface area contributed by atoms with E-state index in [1.54, 1.807) is 0 Å². The van der Waals surface area contributed by atoms with E-state index in [0.717, 1.165) is 41.1 Å². The molecule has 0 aliphatic carbocycles. The Morgan fingerprint density at radius 2 is 1.66 bits per heavy atom. The molecule has 0 spiro atoms. The van der Waals surface area contributed by atoms with Crippen molar-refractivity contribution in [2.75, 3.05) is 0 Å². The molecule has 0 radical (unpaired) electrons. The van der Waals surface area contributed by atoms with Crippen LogP contribution < -0.4 is 0 Å². The van der Waals surface area contributed by atoms with Gasteiger partial charge >= 0.3 is 5.97 Å². The number of unbranched alkanes of at least 4 members (excludes halogenated alkanes) is 2.